The fourth-order valence-electron chi connectivity index (χ4n) is 8.02. The van der Waals surface area contributed by atoms with Crippen molar-refractivity contribution in [2.75, 3.05) is 115 Å². The molecule has 0 aliphatic carbocycles. The van der Waals surface area contributed by atoms with Crippen molar-refractivity contribution >= 4 is 101 Å². The fourth-order valence-corrected chi connectivity index (χ4v) is 10.7. The van der Waals surface area contributed by atoms with Crippen LogP contribution in [0.2, 0.25) is 0 Å². The van der Waals surface area contributed by atoms with Gasteiger partial charge in [-0.2, -0.15) is 16.8 Å². The molecule has 1 fully saturated rings. The predicted octanol–water partition coefficient (Wildman–Crippen LogP) is -3.46. The molecule has 512 valence electrons. The summed E-state index contributed by atoms with van der Waals surface area (Å²) in [5, 5.41) is 14.4. The van der Waals surface area contributed by atoms with Gasteiger partial charge in [-0.1, -0.05) is 0 Å². The van der Waals surface area contributed by atoms with Gasteiger partial charge < -0.3 is 78.7 Å². The summed E-state index contributed by atoms with van der Waals surface area (Å²) >= 11 is 0. The Balaban J connectivity index is 3.98. The lowest BCUT2D eigenvalue weighted by Crippen LogP contribution is -2.60. The van der Waals surface area contributed by atoms with E-state index in [0.717, 1.165) is 7.05 Å². The van der Waals surface area contributed by atoms with E-state index in [1.54, 1.807) is 77.0 Å². The summed E-state index contributed by atoms with van der Waals surface area (Å²) in [7, 11) is -18.5. The highest BCUT2D eigenvalue weighted by Gasteiger charge is 2.37. The zero-order valence-electron chi connectivity index (χ0n) is 51.3. The maximum Gasteiger partial charge on any atom is 0.320 e. The second-order valence-electron chi connectivity index (χ2n) is 23.4. The Morgan fingerprint density at radius 3 is 0.989 bits per heavy atom. The average Bonchev–Trinajstić information content (AvgIpc) is 3.55. The van der Waals surface area contributed by atoms with Crippen LogP contribution in [-0.4, -0.2) is 294 Å². The summed E-state index contributed by atoms with van der Waals surface area (Å²) in [4.78, 5) is 141. The molecular formula is C48H91N11O25S4. The number of likely N-dealkylation sites (N-methyl/N-ethyl adjacent to an activating group) is 2. The third-order valence-electron chi connectivity index (χ3n) is 11.6. The van der Waals surface area contributed by atoms with Gasteiger partial charge in [0, 0.05) is 72.4 Å². The smallest absolute Gasteiger partial charge is 0.320 e. The van der Waals surface area contributed by atoms with Crippen molar-refractivity contribution in [2.24, 2.45) is 0 Å². The molecule has 1 saturated heterocycles. The number of ether oxygens (including phenoxy) is 3. The molecule has 0 bridgehead atoms. The number of amides is 7. The van der Waals surface area contributed by atoms with Gasteiger partial charge in [0.25, 0.3) is 20.2 Å². The Bertz CT molecular complexity index is 2580. The fraction of sp³-hybridized carbons (Fsp3) is 0.792. The van der Waals surface area contributed by atoms with Crippen molar-refractivity contribution in [3.8, 4) is 0 Å². The summed E-state index contributed by atoms with van der Waals surface area (Å²) in [5.74, 6) is -16.9. The van der Waals surface area contributed by atoms with E-state index < -0.39 is 191 Å². The van der Waals surface area contributed by atoms with Crippen LogP contribution in [0.1, 0.15) is 82.1 Å². The Morgan fingerprint density at radius 1 is 0.409 bits per heavy atom. The molecule has 36 nitrogen and oxygen atoms in total. The Labute approximate surface area is 515 Å². The number of nitrogens with zero attached hydrogens (tertiary/aromatic N) is 4. The van der Waals surface area contributed by atoms with Gasteiger partial charge in [-0.3, -0.25) is 76.7 Å². The first-order valence-corrected chi connectivity index (χ1v) is 33.9. The SMILES string of the molecule is CCNC(=O)[C@H](CS(O)(O)O)NC(=O)[C@H](CS(=O)(=O)O)NC(=O)[C@H](CCC(=O)N[C@@H](CS(=O)(=O)O)C(=O)N[C@@H](CS(O)(O)O)C(=O)NC)NC(=O)CN1CCN(CC(=O)OC(C)(C)C)CCN(CC(=O)OC(C)(C)C)CCN(CC(=O)OC(C)(C)C)CC1. The second-order valence-corrected chi connectivity index (χ2v) is 29.6. The molecule has 1 aliphatic heterocycles. The Morgan fingerprint density at radius 2 is 0.693 bits per heavy atom. The van der Waals surface area contributed by atoms with E-state index in [1.807, 2.05) is 26.6 Å². The number of hydrogen-bond donors (Lipinski definition) is 15. The molecule has 0 aromatic rings. The van der Waals surface area contributed by atoms with Crippen molar-refractivity contribution in [3.05, 3.63) is 0 Å². The monoisotopic (exact) mass is 1350 g/mol. The van der Waals surface area contributed by atoms with E-state index in [1.165, 1.54) is 11.8 Å². The predicted molar refractivity (Wildman–Crippen MR) is 318 cm³/mol. The van der Waals surface area contributed by atoms with E-state index in [4.69, 9.17) is 14.2 Å². The number of rotatable bonds is 30. The molecule has 5 atom stereocenters. The summed E-state index contributed by atoms with van der Waals surface area (Å²) in [6.45, 7) is 15.4. The molecule has 0 aromatic heterocycles. The summed E-state index contributed by atoms with van der Waals surface area (Å²) < 4.78 is 143. The maximum atomic E-state index is 14.4. The van der Waals surface area contributed by atoms with Gasteiger partial charge in [0.15, 0.2) is 0 Å². The van der Waals surface area contributed by atoms with Crippen LogP contribution in [0.5, 0.6) is 0 Å². The molecular weight excluding hydrogens is 1260 g/mol. The lowest BCUT2D eigenvalue weighted by Gasteiger charge is -2.34. The molecule has 88 heavy (non-hydrogen) atoms. The number of esters is 3. The molecule has 0 saturated carbocycles. The second kappa shape index (κ2) is 35.4. The molecule has 40 heteroatoms. The topological polar surface area (TPSA) is 526 Å². The highest BCUT2D eigenvalue weighted by molar-refractivity contribution is 8.19. The van der Waals surface area contributed by atoms with E-state index in [2.05, 4.69) is 10.6 Å². The first kappa shape index (κ1) is 80.8. The van der Waals surface area contributed by atoms with Crippen LogP contribution in [0.3, 0.4) is 0 Å². The van der Waals surface area contributed by atoms with Crippen molar-refractivity contribution < 1.29 is 115 Å². The van der Waals surface area contributed by atoms with Crippen LogP contribution < -0.4 is 37.2 Å². The highest BCUT2D eigenvalue weighted by atomic mass is 32.3. The van der Waals surface area contributed by atoms with Gasteiger partial charge in [0.1, 0.15) is 58.5 Å². The van der Waals surface area contributed by atoms with Crippen LogP contribution in [0.25, 0.3) is 0 Å². The van der Waals surface area contributed by atoms with Crippen molar-refractivity contribution in [2.45, 2.75) is 129 Å². The molecule has 15 N–H and O–H groups in total. The van der Waals surface area contributed by atoms with Gasteiger partial charge in [0.05, 0.1) is 59.4 Å². The van der Waals surface area contributed by atoms with Crippen LogP contribution in [0.15, 0.2) is 0 Å². The average molecular weight is 1350 g/mol. The van der Waals surface area contributed by atoms with Gasteiger partial charge >= 0.3 is 17.9 Å². The molecule has 1 rings (SSSR count). The Hall–Kier alpha value is -5.18. The lowest BCUT2D eigenvalue weighted by molar-refractivity contribution is -0.158. The van der Waals surface area contributed by atoms with E-state index >= 15 is 0 Å². The zero-order chi connectivity index (χ0) is 68.0. The largest absolute Gasteiger partial charge is 0.459 e. The minimum Gasteiger partial charge on any atom is -0.459 e. The van der Waals surface area contributed by atoms with Gasteiger partial charge in [-0.25, -0.2) is 0 Å². The number of hydrogen-bond acceptors (Lipinski definition) is 27. The normalized spacial score (nSPS) is 17.3. The summed E-state index contributed by atoms with van der Waals surface area (Å²) in [6.07, 6.45) is -1.92. The number of carbonyl (C=O) groups is 10. The molecule has 0 spiro atoms. The third-order valence-corrected chi connectivity index (χ3v) is 14.7. The number of nitrogens with one attached hydrogen (secondary N) is 7. The van der Waals surface area contributed by atoms with Crippen molar-refractivity contribution in [3.63, 3.8) is 0 Å². The molecule has 0 aromatic carbocycles. The quantitative estimate of drug-likeness (QED) is 0.0189. The maximum absolute atomic E-state index is 14.4. The van der Waals surface area contributed by atoms with E-state index in [0.29, 0.717) is 0 Å². The highest BCUT2D eigenvalue weighted by Crippen LogP contribution is 2.34. The zero-order valence-corrected chi connectivity index (χ0v) is 54.5. The lowest BCUT2D eigenvalue weighted by atomic mass is 10.1. The minimum atomic E-state index is -5.29. The standard InChI is InChI=1S/C48H91N11O25S4/c1-12-50-42(66)33(28-86(73,74)75)54-45(69)35(30-88(79,80)81)55-43(67)31(13-14-36(60)52-34(29-87(76,77)78)44(68)53-32(41(65)49-11)27-85(70,71)72)51-37(61)23-56-15-17-57(24-38(62)82-46(2,3)4)19-21-59(26-40(64)84-48(8,9)10)22-20-58(18-16-56)25-39(63)83-47(5,6)7/h31-35,70-75H,12-30H2,1-11H3,(H,49,65)(H,50,66)(H,51,61)(H,52,60)(H,53,68)(H,54,69)(H,55,67)(H,76,77,78)(H,79,80,81)/t31-,32-,33-,34-,35-/m0/s1. The van der Waals surface area contributed by atoms with Gasteiger partial charge in [-0.15, -0.1) is 0 Å². The summed E-state index contributed by atoms with van der Waals surface area (Å²) in [5.41, 5.74) is -2.63. The van der Waals surface area contributed by atoms with Crippen LogP contribution in [0, 0.1) is 0 Å². The third kappa shape index (κ3) is 38.4. The first-order chi connectivity index (χ1) is 39.9. The molecule has 1 heterocycles. The van der Waals surface area contributed by atoms with Crippen LogP contribution in [-0.2, 0) is 82.4 Å². The molecule has 7 amide bonds. The minimum absolute atomic E-state index is 0.0162. The number of carbonyl (C=O) groups excluding carboxylic acids is 10. The molecule has 0 unspecified atom stereocenters. The van der Waals surface area contributed by atoms with E-state index in [-0.39, 0.29) is 78.5 Å². The van der Waals surface area contributed by atoms with Gasteiger partial charge in [-0.05, 0) is 75.7 Å². The van der Waals surface area contributed by atoms with Crippen LogP contribution >= 0.6 is 21.7 Å². The molecule has 0 radical (unpaired) electrons. The van der Waals surface area contributed by atoms with Crippen molar-refractivity contribution in [1.82, 2.24) is 56.8 Å². The first-order valence-electron chi connectivity index (χ1n) is 27.3. The van der Waals surface area contributed by atoms with Crippen LogP contribution in [0.4, 0.5) is 0 Å². The molecule has 1 aliphatic rings. The Kier molecular flexibility index (Phi) is 32.5. The van der Waals surface area contributed by atoms with Crippen molar-refractivity contribution in [1.29, 1.82) is 0 Å². The van der Waals surface area contributed by atoms with E-state index in [9.17, 15) is 101 Å². The summed E-state index contributed by atoms with van der Waals surface area (Å²) in [6, 6.07) is -10.8. The van der Waals surface area contributed by atoms with Gasteiger partial charge in [0.2, 0.25) is 41.4 Å².